The van der Waals surface area contributed by atoms with E-state index >= 15 is 0 Å². The molecule has 0 aromatic heterocycles. The first kappa shape index (κ1) is 16.5. The summed E-state index contributed by atoms with van der Waals surface area (Å²) in [7, 11) is 0. The average Bonchev–Trinajstić information content (AvgIpc) is 2.48. The fourth-order valence-electron chi connectivity index (χ4n) is 1.81. The Labute approximate surface area is 129 Å². The zero-order valence-corrected chi connectivity index (χ0v) is 11.7. The van der Waals surface area contributed by atoms with Gasteiger partial charge in [-0.2, -0.15) is 13.2 Å². The third-order valence-electron chi connectivity index (χ3n) is 2.87. The molecule has 4 N–H and O–H groups in total. The van der Waals surface area contributed by atoms with Crippen LogP contribution >= 0.6 is 0 Å². The van der Waals surface area contributed by atoms with E-state index in [4.69, 9.17) is 11.5 Å². The monoisotopic (exact) mass is 324 g/mol. The molecule has 4 nitrogen and oxygen atoms in total. The molecule has 120 valence electrons. The van der Waals surface area contributed by atoms with Crippen molar-refractivity contribution in [2.45, 2.75) is 6.18 Å². The van der Waals surface area contributed by atoms with Gasteiger partial charge in [0.05, 0.1) is 5.56 Å². The molecule has 0 aliphatic heterocycles. The number of halogens is 4. The summed E-state index contributed by atoms with van der Waals surface area (Å²) in [4.78, 5) is 0. The van der Waals surface area contributed by atoms with Crippen LogP contribution in [-0.2, 0) is 6.18 Å². The highest BCUT2D eigenvalue weighted by Gasteiger charge is 2.30. The normalized spacial score (nSPS) is 12.1. The van der Waals surface area contributed by atoms with E-state index in [2.05, 4.69) is 10.2 Å². The Morgan fingerprint density at radius 3 is 1.70 bits per heavy atom. The van der Waals surface area contributed by atoms with Crippen LogP contribution in [0.15, 0.2) is 58.7 Å². The molecule has 0 radical (unpaired) electrons. The Morgan fingerprint density at radius 1 is 0.783 bits per heavy atom. The number of nitrogens with two attached hydrogens (primary N) is 2. The molecule has 0 saturated heterocycles. The highest BCUT2D eigenvalue weighted by Crippen LogP contribution is 2.29. The number of nitrogens with zero attached hydrogens (tertiary/aromatic N) is 2. The molecule has 0 unspecified atom stereocenters. The maximum Gasteiger partial charge on any atom is 0.416 e. The molecule has 23 heavy (non-hydrogen) atoms. The summed E-state index contributed by atoms with van der Waals surface area (Å²) in [5.74, 6) is -0.765. The molecule has 0 spiro atoms. The predicted octanol–water partition coefficient (Wildman–Crippen LogP) is 2.87. The molecular formula is C15H12F4N4. The standard InChI is InChI=1S/C15H12F4N4/c16-12-7-3-10(4-8-12)13(22-23-14(20)21)9-1-5-11(6-2-9)15(17,18)19/h1-8H,(H4,20,21,23). The zero-order chi connectivity index (χ0) is 17.0. The lowest BCUT2D eigenvalue weighted by molar-refractivity contribution is -0.137. The number of hydrogen-bond acceptors (Lipinski definition) is 2. The first-order valence-corrected chi connectivity index (χ1v) is 6.37. The summed E-state index contributed by atoms with van der Waals surface area (Å²) in [6, 6.07) is 9.57. The van der Waals surface area contributed by atoms with E-state index in [-0.39, 0.29) is 11.7 Å². The summed E-state index contributed by atoms with van der Waals surface area (Å²) in [6.45, 7) is 0. The number of rotatable bonds is 3. The van der Waals surface area contributed by atoms with E-state index in [1.54, 1.807) is 0 Å². The molecule has 2 rings (SSSR count). The minimum absolute atomic E-state index is 0.215. The van der Waals surface area contributed by atoms with Gasteiger partial charge >= 0.3 is 6.18 Å². The summed E-state index contributed by atoms with van der Waals surface area (Å²) in [6.07, 6.45) is -4.44. The van der Waals surface area contributed by atoms with Gasteiger partial charge in [0.15, 0.2) is 0 Å². The molecule has 0 bridgehead atoms. The van der Waals surface area contributed by atoms with Crippen LogP contribution in [0.3, 0.4) is 0 Å². The quantitative estimate of drug-likeness (QED) is 0.394. The van der Waals surface area contributed by atoms with Crippen molar-refractivity contribution >= 4 is 11.7 Å². The molecule has 2 aromatic rings. The molecule has 0 atom stereocenters. The fraction of sp³-hybridized carbons (Fsp3) is 0.0667. The second kappa shape index (κ2) is 6.47. The summed E-state index contributed by atoms with van der Waals surface area (Å²) in [5.41, 5.74) is 10.7. The van der Waals surface area contributed by atoms with Crippen molar-refractivity contribution in [2.24, 2.45) is 21.7 Å². The predicted molar refractivity (Wildman–Crippen MR) is 79.3 cm³/mol. The molecule has 0 heterocycles. The van der Waals surface area contributed by atoms with E-state index < -0.39 is 17.6 Å². The molecule has 0 amide bonds. The molecule has 0 aliphatic rings. The van der Waals surface area contributed by atoms with E-state index in [1.165, 1.54) is 36.4 Å². The topological polar surface area (TPSA) is 76.8 Å². The SMILES string of the molecule is NC(N)=NN=C(c1ccc(F)cc1)c1ccc(C(F)(F)F)cc1. The van der Waals surface area contributed by atoms with Gasteiger partial charge < -0.3 is 11.5 Å². The average molecular weight is 324 g/mol. The molecule has 8 heteroatoms. The summed E-state index contributed by atoms with van der Waals surface area (Å²) in [5, 5.41) is 7.35. The van der Waals surface area contributed by atoms with Crippen molar-refractivity contribution in [1.29, 1.82) is 0 Å². The molecule has 0 saturated carbocycles. The van der Waals surface area contributed by atoms with Crippen LogP contribution in [0.1, 0.15) is 16.7 Å². The summed E-state index contributed by atoms with van der Waals surface area (Å²) >= 11 is 0. The third-order valence-corrected chi connectivity index (χ3v) is 2.87. The fourth-order valence-corrected chi connectivity index (χ4v) is 1.81. The van der Waals surface area contributed by atoms with Crippen LogP contribution in [0.25, 0.3) is 0 Å². The van der Waals surface area contributed by atoms with E-state index in [1.807, 2.05) is 0 Å². The minimum Gasteiger partial charge on any atom is -0.369 e. The number of guanidine groups is 1. The lowest BCUT2D eigenvalue weighted by Gasteiger charge is -2.09. The number of benzene rings is 2. The second-order valence-corrected chi connectivity index (χ2v) is 4.56. The van der Waals surface area contributed by atoms with Gasteiger partial charge in [-0.1, -0.05) is 12.1 Å². The Bertz CT molecular complexity index is 728. The van der Waals surface area contributed by atoms with E-state index in [0.717, 1.165) is 12.1 Å². The van der Waals surface area contributed by atoms with Gasteiger partial charge in [-0.05, 0) is 36.4 Å². The highest BCUT2D eigenvalue weighted by molar-refractivity contribution is 6.13. The molecule has 2 aromatic carbocycles. The first-order chi connectivity index (χ1) is 10.8. The zero-order valence-electron chi connectivity index (χ0n) is 11.7. The highest BCUT2D eigenvalue weighted by atomic mass is 19.4. The Hall–Kier alpha value is -2.90. The lowest BCUT2D eigenvalue weighted by Crippen LogP contribution is -2.22. The van der Waals surface area contributed by atoms with Crippen LogP contribution < -0.4 is 11.5 Å². The molecule has 0 fully saturated rings. The number of hydrogen-bond donors (Lipinski definition) is 2. The Morgan fingerprint density at radius 2 is 1.26 bits per heavy atom. The molecular weight excluding hydrogens is 312 g/mol. The van der Waals surface area contributed by atoms with Crippen LogP contribution in [0, 0.1) is 5.82 Å². The van der Waals surface area contributed by atoms with Crippen LogP contribution in [0.5, 0.6) is 0 Å². The van der Waals surface area contributed by atoms with Gasteiger partial charge in [0.1, 0.15) is 11.5 Å². The van der Waals surface area contributed by atoms with Gasteiger partial charge in [-0.25, -0.2) is 4.39 Å². The number of alkyl halides is 3. The van der Waals surface area contributed by atoms with E-state index in [9.17, 15) is 17.6 Å². The smallest absolute Gasteiger partial charge is 0.369 e. The Kier molecular flexibility index (Phi) is 4.63. The minimum atomic E-state index is -4.44. The third kappa shape index (κ3) is 4.29. The maximum atomic E-state index is 13.0. The van der Waals surface area contributed by atoms with Crippen molar-refractivity contribution in [3.05, 3.63) is 71.0 Å². The van der Waals surface area contributed by atoms with Crippen LogP contribution in [0.4, 0.5) is 17.6 Å². The molecule has 0 aliphatic carbocycles. The van der Waals surface area contributed by atoms with Crippen LogP contribution in [0.2, 0.25) is 0 Å². The Balaban J connectivity index is 2.48. The van der Waals surface area contributed by atoms with Crippen molar-refractivity contribution in [3.8, 4) is 0 Å². The second-order valence-electron chi connectivity index (χ2n) is 4.56. The maximum absolute atomic E-state index is 13.0. The van der Waals surface area contributed by atoms with Crippen molar-refractivity contribution in [2.75, 3.05) is 0 Å². The largest absolute Gasteiger partial charge is 0.416 e. The van der Waals surface area contributed by atoms with Gasteiger partial charge in [0.2, 0.25) is 5.96 Å². The van der Waals surface area contributed by atoms with E-state index in [0.29, 0.717) is 11.1 Å². The lowest BCUT2D eigenvalue weighted by atomic mass is 10.0. The first-order valence-electron chi connectivity index (χ1n) is 6.37. The van der Waals surface area contributed by atoms with Gasteiger partial charge in [-0.15, -0.1) is 10.2 Å². The van der Waals surface area contributed by atoms with Crippen molar-refractivity contribution < 1.29 is 17.6 Å². The summed E-state index contributed by atoms with van der Waals surface area (Å²) < 4.78 is 50.9. The van der Waals surface area contributed by atoms with Gasteiger partial charge in [-0.3, -0.25) is 0 Å². The van der Waals surface area contributed by atoms with Gasteiger partial charge in [0.25, 0.3) is 0 Å². The van der Waals surface area contributed by atoms with Crippen molar-refractivity contribution in [3.63, 3.8) is 0 Å². The van der Waals surface area contributed by atoms with Gasteiger partial charge in [0, 0.05) is 11.1 Å². The van der Waals surface area contributed by atoms with Crippen LogP contribution in [-0.4, -0.2) is 11.7 Å². The van der Waals surface area contributed by atoms with Crippen molar-refractivity contribution in [1.82, 2.24) is 0 Å².